The lowest BCUT2D eigenvalue weighted by Gasteiger charge is -2.23. The highest BCUT2D eigenvalue weighted by atomic mass is 79.9. The zero-order valence-corrected chi connectivity index (χ0v) is 20.9. The summed E-state index contributed by atoms with van der Waals surface area (Å²) in [7, 11) is 0. The number of aromatic amines is 1. The highest BCUT2D eigenvalue weighted by Gasteiger charge is 2.36. The Bertz CT molecular complexity index is 1660. The van der Waals surface area contributed by atoms with E-state index in [0.717, 1.165) is 15.7 Å². The van der Waals surface area contributed by atoms with Crippen LogP contribution in [0.2, 0.25) is 0 Å². The van der Waals surface area contributed by atoms with Crippen LogP contribution in [0.4, 0.5) is 4.39 Å². The Kier molecular flexibility index (Phi) is 5.97. The number of aromatic nitrogens is 3. The number of rotatable bonds is 6. The number of fused-ring (bicyclic) bond motifs is 1. The van der Waals surface area contributed by atoms with Gasteiger partial charge in [-0.2, -0.15) is 5.10 Å². The minimum Gasteiger partial charge on any atom is -0.408 e. The number of amides is 1. The van der Waals surface area contributed by atoms with E-state index in [2.05, 4.69) is 20.9 Å². The number of oxazole rings is 1. The van der Waals surface area contributed by atoms with E-state index >= 15 is 0 Å². The van der Waals surface area contributed by atoms with Crippen LogP contribution in [-0.4, -0.2) is 38.7 Å². The summed E-state index contributed by atoms with van der Waals surface area (Å²) in [6, 6.07) is 19.2. The van der Waals surface area contributed by atoms with Crippen molar-refractivity contribution in [3.63, 3.8) is 0 Å². The van der Waals surface area contributed by atoms with E-state index in [-0.39, 0.29) is 18.3 Å². The summed E-state index contributed by atoms with van der Waals surface area (Å²) in [5, 5.41) is 4.78. The van der Waals surface area contributed by atoms with Crippen molar-refractivity contribution in [3.8, 4) is 16.9 Å². The highest BCUT2D eigenvalue weighted by Crippen LogP contribution is 2.35. The van der Waals surface area contributed by atoms with Crippen LogP contribution >= 0.6 is 15.9 Å². The number of halogens is 2. The number of carbonyl (C=O) groups excluding carboxylic acids is 1. The molecule has 10 heteroatoms. The zero-order chi connectivity index (χ0) is 25.5. The van der Waals surface area contributed by atoms with E-state index in [0.29, 0.717) is 40.9 Å². The second kappa shape index (κ2) is 9.45. The molecule has 0 bridgehead atoms. The van der Waals surface area contributed by atoms with Gasteiger partial charge in [-0.15, -0.1) is 0 Å². The van der Waals surface area contributed by atoms with Gasteiger partial charge >= 0.3 is 5.76 Å². The summed E-state index contributed by atoms with van der Waals surface area (Å²) >= 11 is 3.45. The van der Waals surface area contributed by atoms with Crippen LogP contribution in [0, 0.1) is 5.82 Å². The van der Waals surface area contributed by atoms with E-state index in [9.17, 15) is 14.0 Å². The molecule has 6 rings (SSSR count). The number of ether oxygens (including phenoxy) is 1. The molecule has 1 amide bonds. The minimum absolute atomic E-state index is 0.0529. The van der Waals surface area contributed by atoms with E-state index in [4.69, 9.17) is 14.3 Å². The molecule has 1 aliphatic heterocycles. The molecule has 186 valence electrons. The third-order valence-corrected chi connectivity index (χ3v) is 6.84. The number of nitrogens with one attached hydrogen (secondary N) is 1. The molecule has 2 aromatic heterocycles. The number of benzene rings is 3. The van der Waals surface area contributed by atoms with Crippen LogP contribution in [0.5, 0.6) is 0 Å². The molecule has 1 unspecified atom stereocenters. The second-order valence-electron chi connectivity index (χ2n) is 8.71. The topological polar surface area (TPSA) is 93.4 Å². The molecule has 5 aromatic rings. The van der Waals surface area contributed by atoms with Gasteiger partial charge in [-0.1, -0.05) is 22.0 Å². The van der Waals surface area contributed by atoms with Gasteiger partial charge in [0.1, 0.15) is 18.1 Å². The number of H-pyrrole nitrogens is 1. The van der Waals surface area contributed by atoms with E-state index in [1.54, 1.807) is 33.8 Å². The third-order valence-electron chi connectivity index (χ3n) is 6.31. The first-order valence-electron chi connectivity index (χ1n) is 11.6. The molecule has 1 aliphatic rings. The summed E-state index contributed by atoms with van der Waals surface area (Å²) in [5.41, 5.74) is 4.85. The van der Waals surface area contributed by atoms with Gasteiger partial charge in [0.2, 0.25) is 0 Å². The Morgan fingerprint density at radius 3 is 2.62 bits per heavy atom. The molecule has 1 atom stereocenters. The van der Waals surface area contributed by atoms with Crippen LogP contribution in [0.25, 0.3) is 28.0 Å². The average Bonchev–Trinajstić information content (AvgIpc) is 3.59. The molecule has 0 spiro atoms. The van der Waals surface area contributed by atoms with Gasteiger partial charge in [0.15, 0.2) is 11.8 Å². The predicted molar refractivity (Wildman–Crippen MR) is 138 cm³/mol. The summed E-state index contributed by atoms with van der Waals surface area (Å²) in [6.07, 6.45) is 1.72. The standard InChI is InChI=1S/C27H20BrFN4O4/c28-18-4-8-20(9-5-18)33-14-21(25(31-33)17-2-6-19(29)7-3-17)26-32(24(34)15-36-26)12-11-16-1-10-22-23(13-16)37-27(35)30-22/h1-10,13-14,26H,11-12,15H2,(H,30,35). The Labute approximate surface area is 218 Å². The summed E-state index contributed by atoms with van der Waals surface area (Å²) in [4.78, 5) is 28.6. The van der Waals surface area contributed by atoms with Gasteiger partial charge in [-0.05, 0) is 72.6 Å². The van der Waals surface area contributed by atoms with E-state index in [1.165, 1.54) is 12.1 Å². The Balaban J connectivity index is 1.34. The van der Waals surface area contributed by atoms with Crippen molar-refractivity contribution in [1.82, 2.24) is 19.7 Å². The van der Waals surface area contributed by atoms with E-state index < -0.39 is 12.0 Å². The van der Waals surface area contributed by atoms with Gasteiger partial charge in [-0.3, -0.25) is 9.78 Å². The lowest BCUT2D eigenvalue weighted by molar-refractivity contribution is -0.128. The molecule has 3 heterocycles. The number of carbonyl (C=O) groups is 1. The lowest BCUT2D eigenvalue weighted by atomic mass is 10.1. The summed E-state index contributed by atoms with van der Waals surface area (Å²) < 4.78 is 27.4. The molecular weight excluding hydrogens is 543 g/mol. The third kappa shape index (κ3) is 4.61. The summed E-state index contributed by atoms with van der Waals surface area (Å²) in [6.45, 7) is 0.332. The van der Waals surface area contributed by atoms with Crippen molar-refractivity contribution in [3.05, 3.63) is 105 Å². The van der Waals surface area contributed by atoms with Gasteiger partial charge in [0, 0.05) is 28.3 Å². The van der Waals surface area contributed by atoms with Gasteiger partial charge in [0.05, 0.1) is 11.2 Å². The first kappa shape index (κ1) is 23.4. The largest absolute Gasteiger partial charge is 0.417 e. The molecular formula is C27H20BrFN4O4. The van der Waals surface area contributed by atoms with Gasteiger partial charge < -0.3 is 14.1 Å². The van der Waals surface area contributed by atoms with Gasteiger partial charge in [-0.25, -0.2) is 13.9 Å². The maximum atomic E-state index is 13.7. The zero-order valence-electron chi connectivity index (χ0n) is 19.4. The maximum absolute atomic E-state index is 13.7. The van der Waals surface area contributed by atoms with Gasteiger partial charge in [0.25, 0.3) is 5.91 Å². The van der Waals surface area contributed by atoms with Crippen LogP contribution in [0.1, 0.15) is 17.4 Å². The summed E-state index contributed by atoms with van der Waals surface area (Å²) in [5.74, 6) is -0.992. The predicted octanol–water partition coefficient (Wildman–Crippen LogP) is 4.98. The Morgan fingerprint density at radius 1 is 1.05 bits per heavy atom. The number of hydrogen-bond acceptors (Lipinski definition) is 5. The van der Waals surface area contributed by atoms with Crippen LogP contribution < -0.4 is 5.76 Å². The van der Waals surface area contributed by atoms with Crippen molar-refractivity contribution < 1.29 is 18.3 Å². The lowest BCUT2D eigenvalue weighted by Crippen LogP contribution is -2.30. The van der Waals surface area contributed by atoms with E-state index in [1.807, 2.05) is 36.5 Å². The Hall–Kier alpha value is -4.02. The molecule has 3 aromatic carbocycles. The van der Waals surface area contributed by atoms with Crippen LogP contribution in [0.3, 0.4) is 0 Å². The monoisotopic (exact) mass is 562 g/mol. The maximum Gasteiger partial charge on any atom is 0.417 e. The molecule has 1 N–H and O–H groups in total. The van der Waals surface area contributed by atoms with Crippen molar-refractivity contribution in [2.45, 2.75) is 12.6 Å². The normalized spacial score (nSPS) is 15.7. The first-order valence-corrected chi connectivity index (χ1v) is 12.4. The van der Waals surface area contributed by atoms with Crippen LogP contribution in [-0.2, 0) is 16.0 Å². The molecule has 1 fully saturated rings. The number of nitrogens with zero attached hydrogens (tertiary/aromatic N) is 3. The fraction of sp³-hybridized carbons (Fsp3) is 0.148. The van der Waals surface area contributed by atoms with Crippen molar-refractivity contribution in [2.24, 2.45) is 0 Å². The SMILES string of the molecule is O=C1COC(c2cn(-c3ccc(Br)cc3)nc2-c2ccc(F)cc2)N1CCc1ccc2[nH]c(=O)oc2c1. The molecule has 0 radical (unpaired) electrons. The smallest absolute Gasteiger partial charge is 0.408 e. The molecule has 0 saturated carbocycles. The quantitative estimate of drug-likeness (QED) is 0.315. The fourth-order valence-corrected chi connectivity index (χ4v) is 4.74. The number of hydrogen-bond donors (Lipinski definition) is 1. The molecule has 1 saturated heterocycles. The molecule has 37 heavy (non-hydrogen) atoms. The highest BCUT2D eigenvalue weighted by molar-refractivity contribution is 9.10. The van der Waals surface area contributed by atoms with Crippen molar-refractivity contribution in [1.29, 1.82) is 0 Å². The van der Waals surface area contributed by atoms with Crippen molar-refractivity contribution in [2.75, 3.05) is 13.2 Å². The minimum atomic E-state index is -0.661. The van der Waals surface area contributed by atoms with Crippen molar-refractivity contribution >= 4 is 32.9 Å². The fourth-order valence-electron chi connectivity index (χ4n) is 4.47. The second-order valence-corrected chi connectivity index (χ2v) is 9.62. The van der Waals surface area contributed by atoms with Crippen LogP contribution in [0.15, 0.2) is 86.6 Å². The Morgan fingerprint density at radius 2 is 1.84 bits per heavy atom. The molecule has 8 nitrogen and oxygen atoms in total. The molecule has 0 aliphatic carbocycles. The first-order chi connectivity index (χ1) is 17.9. The average molecular weight is 563 g/mol.